The van der Waals surface area contributed by atoms with Gasteiger partial charge in [-0.05, 0) is 18.1 Å². The molecule has 18 heavy (non-hydrogen) atoms. The van der Waals surface area contributed by atoms with Gasteiger partial charge in [-0.2, -0.15) is 0 Å². The van der Waals surface area contributed by atoms with Gasteiger partial charge in [-0.15, -0.1) is 0 Å². The van der Waals surface area contributed by atoms with Gasteiger partial charge in [0.05, 0.1) is 12.6 Å². The van der Waals surface area contributed by atoms with Crippen LogP contribution in [-0.2, 0) is 4.79 Å². The third-order valence-electron chi connectivity index (χ3n) is 2.97. The molecule has 1 amide bonds. The number of aliphatic carboxylic acids is 1. The van der Waals surface area contributed by atoms with E-state index in [2.05, 4.69) is 5.32 Å². The van der Waals surface area contributed by atoms with E-state index >= 15 is 0 Å². The van der Waals surface area contributed by atoms with Crippen molar-refractivity contribution in [2.24, 2.45) is 5.92 Å². The quantitative estimate of drug-likeness (QED) is 0.741. The van der Waals surface area contributed by atoms with Gasteiger partial charge in [-0.25, -0.2) is 0 Å². The third kappa shape index (κ3) is 2.68. The molecular formula is C13H16NO4-. The van der Waals surface area contributed by atoms with Crippen LogP contribution in [0.4, 0.5) is 0 Å². The summed E-state index contributed by atoms with van der Waals surface area (Å²) in [5.41, 5.74) is -1.44. The van der Waals surface area contributed by atoms with Crippen molar-refractivity contribution < 1.29 is 19.8 Å². The molecule has 0 aliphatic heterocycles. The number of nitrogens with one attached hydrogen (secondary N) is 1. The molecule has 2 N–H and O–H groups in total. The topological polar surface area (TPSA) is 89.5 Å². The summed E-state index contributed by atoms with van der Waals surface area (Å²) in [6.45, 7) is 2.47. The molecule has 0 saturated carbocycles. The number of carbonyl (C=O) groups is 2. The minimum atomic E-state index is -1.77. The largest absolute Gasteiger partial charge is 0.547 e. The van der Waals surface area contributed by atoms with Gasteiger partial charge < -0.3 is 20.3 Å². The molecule has 98 valence electrons. The minimum absolute atomic E-state index is 0.331. The summed E-state index contributed by atoms with van der Waals surface area (Å²) >= 11 is 0. The first-order valence-electron chi connectivity index (χ1n) is 5.64. The normalized spacial score (nSPS) is 14.0. The molecule has 1 aromatic rings. The molecule has 1 rings (SSSR count). The van der Waals surface area contributed by atoms with E-state index in [-0.39, 0.29) is 0 Å². The Bertz CT molecular complexity index is 430. The summed E-state index contributed by atoms with van der Waals surface area (Å²) in [5.74, 6) is -2.55. The van der Waals surface area contributed by atoms with Crippen molar-refractivity contribution in [3.63, 3.8) is 0 Å². The van der Waals surface area contributed by atoms with Crippen molar-refractivity contribution in [3.8, 4) is 0 Å². The predicted molar refractivity (Wildman–Crippen MR) is 63.6 cm³/mol. The molecule has 0 saturated heterocycles. The molecule has 0 aromatic heterocycles. The van der Waals surface area contributed by atoms with E-state index in [0.29, 0.717) is 5.56 Å². The summed E-state index contributed by atoms with van der Waals surface area (Å²) in [7, 11) is 0. The molecule has 0 spiro atoms. The maximum Gasteiger partial charge on any atom is 0.252 e. The summed E-state index contributed by atoms with van der Waals surface area (Å²) < 4.78 is 0. The average Bonchev–Trinajstić information content (AvgIpc) is 2.36. The van der Waals surface area contributed by atoms with Gasteiger partial charge in [0.25, 0.3) is 5.91 Å². The van der Waals surface area contributed by atoms with E-state index in [1.54, 1.807) is 44.2 Å². The summed E-state index contributed by atoms with van der Waals surface area (Å²) in [6.07, 6.45) is 0. The van der Waals surface area contributed by atoms with Gasteiger partial charge in [0.15, 0.2) is 0 Å². The van der Waals surface area contributed by atoms with Crippen molar-refractivity contribution in [2.75, 3.05) is 6.61 Å². The standard InChI is InChI=1S/C13H17NO4/c1-9(2)13(8-15,12(17)18)14-11(16)10-6-4-3-5-7-10/h3-7,9,15H,8H2,1-2H3,(H,14,16)(H,17,18)/p-1. The predicted octanol–water partition coefficient (Wildman–Crippen LogP) is -0.447. The molecule has 0 aliphatic carbocycles. The Hall–Kier alpha value is -1.88. The average molecular weight is 250 g/mol. The molecule has 1 unspecified atom stereocenters. The zero-order chi connectivity index (χ0) is 13.8. The number of amides is 1. The molecular weight excluding hydrogens is 234 g/mol. The number of benzene rings is 1. The second-order valence-electron chi connectivity index (χ2n) is 4.39. The van der Waals surface area contributed by atoms with Gasteiger partial charge in [-0.3, -0.25) is 4.79 Å². The Morgan fingerprint density at radius 1 is 1.33 bits per heavy atom. The highest BCUT2D eigenvalue weighted by Gasteiger charge is 2.36. The molecule has 1 atom stereocenters. The van der Waals surface area contributed by atoms with Gasteiger partial charge in [0.2, 0.25) is 0 Å². The number of aliphatic hydroxyl groups is 1. The number of carboxylic acid groups (broad SMARTS) is 1. The zero-order valence-electron chi connectivity index (χ0n) is 10.3. The number of rotatable bonds is 5. The lowest BCUT2D eigenvalue weighted by molar-refractivity contribution is -0.317. The van der Waals surface area contributed by atoms with Gasteiger partial charge in [-0.1, -0.05) is 32.0 Å². The summed E-state index contributed by atoms with van der Waals surface area (Å²) in [6, 6.07) is 8.21. The molecule has 5 heteroatoms. The lowest BCUT2D eigenvalue weighted by Gasteiger charge is -2.37. The van der Waals surface area contributed by atoms with Crippen molar-refractivity contribution in [1.29, 1.82) is 0 Å². The monoisotopic (exact) mass is 250 g/mol. The Labute approximate surface area is 105 Å². The van der Waals surface area contributed by atoms with Crippen molar-refractivity contribution in [2.45, 2.75) is 19.4 Å². The Morgan fingerprint density at radius 3 is 2.28 bits per heavy atom. The molecule has 5 nitrogen and oxygen atoms in total. The van der Waals surface area contributed by atoms with E-state index in [0.717, 1.165) is 0 Å². The molecule has 0 aliphatic rings. The van der Waals surface area contributed by atoms with E-state index < -0.39 is 29.9 Å². The fraction of sp³-hybridized carbons (Fsp3) is 0.385. The SMILES string of the molecule is CC(C)C(CO)(NC(=O)c1ccccc1)C(=O)[O-]. The molecule has 0 fully saturated rings. The highest BCUT2D eigenvalue weighted by Crippen LogP contribution is 2.17. The van der Waals surface area contributed by atoms with Crippen LogP contribution >= 0.6 is 0 Å². The minimum Gasteiger partial charge on any atom is -0.547 e. The molecule has 1 aromatic carbocycles. The number of carbonyl (C=O) groups excluding carboxylic acids is 2. The van der Waals surface area contributed by atoms with Crippen LogP contribution < -0.4 is 10.4 Å². The molecule has 0 bridgehead atoms. The number of carboxylic acids is 1. The molecule has 0 heterocycles. The number of hydrogen-bond donors (Lipinski definition) is 2. The van der Waals surface area contributed by atoms with Crippen LogP contribution in [-0.4, -0.2) is 29.1 Å². The number of hydrogen-bond acceptors (Lipinski definition) is 4. The lowest BCUT2D eigenvalue weighted by Crippen LogP contribution is -2.65. The second kappa shape index (κ2) is 5.64. The second-order valence-corrected chi connectivity index (χ2v) is 4.39. The Morgan fingerprint density at radius 2 is 1.89 bits per heavy atom. The van der Waals surface area contributed by atoms with Crippen LogP contribution in [0.2, 0.25) is 0 Å². The van der Waals surface area contributed by atoms with Crippen LogP contribution in [0.25, 0.3) is 0 Å². The first kappa shape index (κ1) is 14.2. The summed E-state index contributed by atoms with van der Waals surface area (Å²) in [5, 5.41) is 22.8. The molecule has 0 radical (unpaired) electrons. The van der Waals surface area contributed by atoms with E-state index in [4.69, 9.17) is 0 Å². The summed E-state index contributed by atoms with van der Waals surface area (Å²) in [4.78, 5) is 23.1. The van der Waals surface area contributed by atoms with Crippen LogP contribution in [0.15, 0.2) is 30.3 Å². The fourth-order valence-electron chi connectivity index (χ4n) is 1.58. The van der Waals surface area contributed by atoms with Crippen molar-refractivity contribution in [1.82, 2.24) is 5.32 Å². The van der Waals surface area contributed by atoms with Crippen molar-refractivity contribution >= 4 is 11.9 Å². The fourth-order valence-corrected chi connectivity index (χ4v) is 1.58. The Balaban J connectivity index is 2.99. The zero-order valence-corrected chi connectivity index (χ0v) is 10.3. The maximum atomic E-state index is 11.9. The highest BCUT2D eigenvalue weighted by molar-refractivity contribution is 5.97. The maximum absolute atomic E-state index is 11.9. The van der Waals surface area contributed by atoms with Gasteiger partial charge in [0, 0.05) is 5.56 Å². The van der Waals surface area contributed by atoms with Crippen LogP contribution in [0, 0.1) is 5.92 Å². The highest BCUT2D eigenvalue weighted by atomic mass is 16.4. The van der Waals surface area contributed by atoms with Gasteiger partial charge in [0.1, 0.15) is 5.54 Å². The first-order valence-corrected chi connectivity index (χ1v) is 5.64. The smallest absolute Gasteiger partial charge is 0.252 e. The van der Waals surface area contributed by atoms with E-state index in [9.17, 15) is 19.8 Å². The van der Waals surface area contributed by atoms with E-state index in [1.165, 1.54) is 0 Å². The third-order valence-corrected chi connectivity index (χ3v) is 2.97. The first-order chi connectivity index (χ1) is 8.44. The lowest BCUT2D eigenvalue weighted by atomic mass is 9.87. The Kier molecular flexibility index (Phi) is 4.44. The van der Waals surface area contributed by atoms with Crippen LogP contribution in [0.3, 0.4) is 0 Å². The van der Waals surface area contributed by atoms with Gasteiger partial charge >= 0.3 is 0 Å². The van der Waals surface area contributed by atoms with Crippen LogP contribution in [0.1, 0.15) is 24.2 Å². The van der Waals surface area contributed by atoms with Crippen molar-refractivity contribution in [3.05, 3.63) is 35.9 Å². The van der Waals surface area contributed by atoms with Crippen LogP contribution in [0.5, 0.6) is 0 Å². The van der Waals surface area contributed by atoms with E-state index in [1.807, 2.05) is 0 Å². The number of aliphatic hydroxyl groups excluding tert-OH is 1.